The molecule has 7 heteroatoms. The number of aromatic nitrogens is 4. The fourth-order valence-electron chi connectivity index (χ4n) is 3.57. The largest absolute Gasteiger partial charge is 0.340 e. The third kappa shape index (κ3) is 2.46. The van der Waals surface area contributed by atoms with Crippen molar-refractivity contribution in [2.45, 2.75) is 13.3 Å². The summed E-state index contributed by atoms with van der Waals surface area (Å²) >= 11 is 0. The summed E-state index contributed by atoms with van der Waals surface area (Å²) in [5, 5.41) is 4.17. The SMILES string of the molecule is Cc1cnc(N2C[C@@H]3CCN(c4cnn(C)c4)C(=O)[C@H]3C2)nc1. The van der Waals surface area contributed by atoms with Gasteiger partial charge in [-0.2, -0.15) is 5.10 Å². The molecule has 23 heavy (non-hydrogen) atoms. The van der Waals surface area contributed by atoms with Crippen molar-refractivity contribution in [3.05, 3.63) is 30.4 Å². The van der Waals surface area contributed by atoms with E-state index in [0.717, 1.165) is 36.7 Å². The molecular weight excluding hydrogens is 292 g/mol. The Morgan fingerprint density at radius 2 is 1.96 bits per heavy atom. The number of amides is 1. The lowest BCUT2D eigenvalue weighted by Crippen LogP contribution is -2.45. The van der Waals surface area contributed by atoms with Gasteiger partial charge in [-0.05, 0) is 24.8 Å². The maximum absolute atomic E-state index is 12.9. The van der Waals surface area contributed by atoms with Gasteiger partial charge in [0.15, 0.2) is 0 Å². The average molecular weight is 312 g/mol. The number of anilines is 2. The standard InChI is InChI=1S/C16H20N6O/c1-11-5-17-16(18-6-11)21-8-12-3-4-22(15(23)14(12)10-21)13-7-19-20(2)9-13/h5-7,9,12,14H,3-4,8,10H2,1-2H3/t12-,14-/m0/s1. The van der Waals surface area contributed by atoms with Gasteiger partial charge in [-0.3, -0.25) is 9.48 Å². The highest BCUT2D eigenvalue weighted by Gasteiger charge is 2.44. The molecule has 2 saturated heterocycles. The van der Waals surface area contributed by atoms with Gasteiger partial charge in [0.2, 0.25) is 11.9 Å². The van der Waals surface area contributed by atoms with Gasteiger partial charge in [0.1, 0.15) is 0 Å². The predicted molar refractivity (Wildman–Crippen MR) is 86.1 cm³/mol. The van der Waals surface area contributed by atoms with Gasteiger partial charge in [-0.15, -0.1) is 0 Å². The molecule has 0 spiro atoms. The Morgan fingerprint density at radius 3 is 2.65 bits per heavy atom. The van der Waals surface area contributed by atoms with Crippen molar-refractivity contribution < 1.29 is 4.79 Å². The van der Waals surface area contributed by atoms with Gasteiger partial charge >= 0.3 is 0 Å². The number of nitrogens with zero attached hydrogens (tertiary/aromatic N) is 6. The first-order valence-corrected chi connectivity index (χ1v) is 7.95. The second-order valence-corrected chi connectivity index (χ2v) is 6.48. The van der Waals surface area contributed by atoms with Crippen LogP contribution in [0, 0.1) is 18.8 Å². The van der Waals surface area contributed by atoms with Gasteiger partial charge in [-0.1, -0.05) is 0 Å². The van der Waals surface area contributed by atoms with E-state index in [-0.39, 0.29) is 11.8 Å². The molecule has 120 valence electrons. The van der Waals surface area contributed by atoms with Gasteiger partial charge in [0.25, 0.3) is 0 Å². The number of fused-ring (bicyclic) bond motifs is 1. The van der Waals surface area contributed by atoms with E-state index in [9.17, 15) is 4.79 Å². The summed E-state index contributed by atoms with van der Waals surface area (Å²) in [5.41, 5.74) is 1.94. The van der Waals surface area contributed by atoms with E-state index in [2.05, 4.69) is 20.0 Å². The van der Waals surface area contributed by atoms with E-state index in [1.807, 2.05) is 37.5 Å². The van der Waals surface area contributed by atoms with Crippen molar-refractivity contribution in [2.75, 3.05) is 29.4 Å². The lowest BCUT2D eigenvalue weighted by atomic mass is 9.88. The quantitative estimate of drug-likeness (QED) is 0.828. The monoisotopic (exact) mass is 312 g/mol. The Morgan fingerprint density at radius 1 is 1.17 bits per heavy atom. The first-order valence-electron chi connectivity index (χ1n) is 7.95. The number of hydrogen-bond acceptors (Lipinski definition) is 5. The number of hydrogen-bond donors (Lipinski definition) is 0. The van der Waals surface area contributed by atoms with E-state index in [0.29, 0.717) is 12.5 Å². The third-order valence-electron chi connectivity index (χ3n) is 4.80. The molecule has 2 aliphatic rings. The Hall–Kier alpha value is -2.44. The van der Waals surface area contributed by atoms with Crippen LogP contribution in [0.5, 0.6) is 0 Å². The Bertz CT molecular complexity index is 724. The zero-order chi connectivity index (χ0) is 16.0. The lowest BCUT2D eigenvalue weighted by Gasteiger charge is -2.32. The van der Waals surface area contributed by atoms with Gasteiger partial charge in [0.05, 0.1) is 17.8 Å². The topological polar surface area (TPSA) is 67.2 Å². The summed E-state index contributed by atoms with van der Waals surface area (Å²) < 4.78 is 1.73. The van der Waals surface area contributed by atoms with Crippen LogP contribution in [0.4, 0.5) is 11.6 Å². The van der Waals surface area contributed by atoms with Gasteiger partial charge in [-0.25, -0.2) is 9.97 Å². The molecule has 2 aliphatic heterocycles. The fraction of sp³-hybridized carbons (Fsp3) is 0.500. The highest BCUT2D eigenvalue weighted by Crippen LogP contribution is 2.35. The van der Waals surface area contributed by atoms with Gasteiger partial charge in [0, 0.05) is 45.3 Å². The van der Waals surface area contributed by atoms with Crippen molar-refractivity contribution in [3.63, 3.8) is 0 Å². The minimum Gasteiger partial charge on any atom is -0.340 e. The summed E-state index contributed by atoms with van der Waals surface area (Å²) in [7, 11) is 1.87. The number of aryl methyl sites for hydroxylation is 2. The predicted octanol–water partition coefficient (Wildman–Crippen LogP) is 1.01. The smallest absolute Gasteiger partial charge is 0.232 e. The van der Waals surface area contributed by atoms with Crippen molar-refractivity contribution >= 4 is 17.5 Å². The zero-order valence-electron chi connectivity index (χ0n) is 13.4. The van der Waals surface area contributed by atoms with Crippen molar-refractivity contribution in [1.29, 1.82) is 0 Å². The van der Waals surface area contributed by atoms with Crippen LogP contribution in [0.3, 0.4) is 0 Å². The molecule has 7 nitrogen and oxygen atoms in total. The molecule has 0 radical (unpaired) electrons. The first-order chi connectivity index (χ1) is 11.1. The molecule has 1 amide bonds. The normalized spacial score (nSPS) is 24.2. The first kappa shape index (κ1) is 14.2. The van der Waals surface area contributed by atoms with Gasteiger partial charge < -0.3 is 9.80 Å². The fourth-order valence-corrected chi connectivity index (χ4v) is 3.57. The molecule has 4 heterocycles. The molecule has 2 aromatic heterocycles. The van der Waals surface area contributed by atoms with Crippen LogP contribution >= 0.6 is 0 Å². The second kappa shape index (κ2) is 5.33. The maximum atomic E-state index is 12.9. The van der Waals surface area contributed by atoms with E-state index in [1.54, 1.807) is 10.9 Å². The summed E-state index contributed by atoms with van der Waals surface area (Å²) in [4.78, 5) is 25.7. The summed E-state index contributed by atoms with van der Waals surface area (Å²) in [6.07, 6.45) is 8.32. The second-order valence-electron chi connectivity index (χ2n) is 6.48. The molecule has 0 unspecified atom stereocenters. The average Bonchev–Trinajstić information content (AvgIpc) is 3.15. The summed E-state index contributed by atoms with van der Waals surface area (Å²) in [6, 6.07) is 0. The Balaban J connectivity index is 1.53. The van der Waals surface area contributed by atoms with Crippen LogP contribution in [0.1, 0.15) is 12.0 Å². The van der Waals surface area contributed by atoms with Crippen LogP contribution in [0.2, 0.25) is 0 Å². The minimum atomic E-state index is 0.0221. The van der Waals surface area contributed by atoms with E-state index < -0.39 is 0 Å². The van der Waals surface area contributed by atoms with Crippen molar-refractivity contribution in [1.82, 2.24) is 19.7 Å². The van der Waals surface area contributed by atoms with Crippen LogP contribution in [0.25, 0.3) is 0 Å². The van der Waals surface area contributed by atoms with Crippen molar-refractivity contribution in [3.8, 4) is 0 Å². The molecule has 2 fully saturated rings. The number of carbonyl (C=O) groups excluding carboxylic acids is 1. The lowest BCUT2D eigenvalue weighted by molar-refractivity contribution is -0.124. The van der Waals surface area contributed by atoms with E-state index in [4.69, 9.17) is 0 Å². The molecule has 2 aromatic rings. The summed E-state index contributed by atoms with van der Waals surface area (Å²) in [5.74, 6) is 1.34. The molecule has 0 aromatic carbocycles. The summed E-state index contributed by atoms with van der Waals surface area (Å²) in [6.45, 7) is 4.29. The highest BCUT2D eigenvalue weighted by molar-refractivity contribution is 5.96. The number of piperidine rings is 1. The van der Waals surface area contributed by atoms with E-state index >= 15 is 0 Å². The molecule has 0 aliphatic carbocycles. The van der Waals surface area contributed by atoms with Crippen LogP contribution in [-0.4, -0.2) is 45.3 Å². The number of rotatable bonds is 2. The maximum Gasteiger partial charge on any atom is 0.232 e. The molecule has 0 bridgehead atoms. The van der Waals surface area contributed by atoms with Crippen LogP contribution in [0.15, 0.2) is 24.8 Å². The molecule has 0 N–H and O–H groups in total. The highest BCUT2D eigenvalue weighted by atomic mass is 16.2. The zero-order valence-corrected chi connectivity index (χ0v) is 13.4. The third-order valence-corrected chi connectivity index (χ3v) is 4.80. The minimum absolute atomic E-state index is 0.0221. The molecule has 2 atom stereocenters. The van der Waals surface area contributed by atoms with Crippen molar-refractivity contribution in [2.24, 2.45) is 18.9 Å². The van der Waals surface area contributed by atoms with Crippen LogP contribution < -0.4 is 9.80 Å². The molecule has 4 rings (SSSR count). The Kier molecular flexibility index (Phi) is 3.28. The Labute approximate surface area is 134 Å². The number of carbonyl (C=O) groups is 1. The molecular formula is C16H20N6O. The van der Waals surface area contributed by atoms with E-state index in [1.165, 1.54) is 0 Å². The van der Waals surface area contributed by atoms with Crippen LogP contribution in [-0.2, 0) is 11.8 Å². The molecule has 0 saturated carbocycles.